The van der Waals surface area contributed by atoms with Crippen molar-refractivity contribution in [2.75, 3.05) is 6.61 Å². The van der Waals surface area contributed by atoms with Crippen LogP contribution >= 0.6 is 0 Å². The maximum Gasteiger partial charge on any atom is 0.0811 e. The first-order valence-electron chi connectivity index (χ1n) is 9.01. The van der Waals surface area contributed by atoms with E-state index in [-0.39, 0.29) is 5.41 Å². The molecule has 0 bridgehead atoms. The van der Waals surface area contributed by atoms with Crippen molar-refractivity contribution in [3.8, 4) is 0 Å². The third-order valence-corrected chi connectivity index (χ3v) is 6.65. The summed E-state index contributed by atoms with van der Waals surface area (Å²) in [5.41, 5.74) is 3.45. The van der Waals surface area contributed by atoms with Crippen LogP contribution in [0.15, 0.2) is 35.5 Å². The van der Waals surface area contributed by atoms with Crippen molar-refractivity contribution in [2.45, 2.75) is 64.1 Å². The van der Waals surface area contributed by atoms with Gasteiger partial charge < -0.3 is 15.3 Å². The summed E-state index contributed by atoms with van der Waals surface area (Å²) in [5, 5.41) is 29.5. The molecule has 5 atom stereocenters. The lowest BCUT2D eigenvalue weighted by molar-refractivity contribution is 0.0836. The van der Waals surface area contributed by atoms with Gasteiger partial charge in [0.1, 0.15) is 0 Å². The highest BCUT2D eigenvalue weighted by Crippen LogP contribution is 2.57. The van der Waals surface area contributed by atoms with Gasteiger partial charge >= 0.3 is 0 Å². The van der Waals surface area contributed by atoms with E-state index in [1.807, 2.05) is 0 Å². The topological polar surface area (TPSA) is 60.7 Å². The Balaban J connectivity index is 1.82. The van der Waals surface area contributed by atoms with Crippen LogP contribution in [-0.4, -0.2) is 34.1 Å². The van der Waals surface area contributed by atoms with E-state index in [1.165, 1.54) is 24.8 Å². The van der Waals surface area contributed by atoms with E-state index >= 15 is 0 Å². The molecule has 3 saturated carbocycles. The van der Waals surface area contributed by atoms with Gasteiger partial charge in [-0.25, -0.2) is 0 Å². The summed E-state index contributed by atoms with van der Waals surface area (Å²) >= 11 is 0. The molecule has 3 nitrogen and oxygen atoms in total. The van der Waals surface area contributed by atoms with Gasteiger partial charge in [0, 0.05) is 13.0 Å². The predicted octanol–water partition coefficient (Wildman–Crippen LogP) is 3.12. The van der Waals surface area contributed by atoms with Crippen molar-refractivity contribution in [3.63, 3.8) is 0 Å². The van der Waals surface area contributed by atoms with Crippen molar-refractivity contribution in [1.82, 2.24) is 0 Å². The molecule has 3 aliphatic carbocycles. The molecule has 3 aliphatic rings. The molecule has 0 aromatic heterocycles. The average molecular weight is 318 g/mol. The number of fused-ring (bicyclic) bond motifs is 1. The standard InChI is InChI=1S/C20H30O3/c1-13-15(10-17(22)11-19(13)23)6-5-14-4-3-9-20(2)16(12-21)7-8-18(14)20/h5-6,16-19,21-23H,1,3-4,7-12H2,2H3/b14-5+,15-6-/t16-,17-,18+,19+,20-/m1/s1. The smallest absolute Gasteiger partial charge is 0.0811 e. The minimum atomic E-state index is -0.620. The molecule has 0 radical (unpaired) electrons. The van der Waals surface area contributed by atoms with Crippen LogP contribution in [0.4, 0.5) is 0 Å². The first kappa shape index (κ1) is 16.9. The van der Waals surface area contributed by atoms with Gasteiger partial charge in [-0.3, -0.25) is 0 Å². The molecular weight excluding hydrogens is 288 g/mol. The van der Waals surface area contributed by atoms with Crippen molar-refractivity contribution < 1.29 is 15.3 Å². The average Bonchev–Trinajstić information content (AvgIpc) is 2.86. The second-order valence-electron chi connectivity index (χ2n) is 7.94. The Morgan fingerprint density at radius 2 is 2.04 bits per heavy atom. The number of aliphatic hydroxyl groups excluding tert-OH is 3. The SMILES string of the molecule is C=C1/C(=C\C=C2/CCC[C@]3(C)[C@@H](CO)CC[C@@H]23)C[C@@H](O)C[C@@H]1O. The van der Waals surface area contributed by atoms with E-state index in [9.17, 15) is 15.3 Å². The zero-order valence-corrected chi connectivity index (χ0v) is 14.2. The molecule has 0 spiro atoms. The lowest BCUT2D eigenvalue weighted by Crippen LogP contribution is -2.34. The molecule has 0 aromatic carbocycles. The first-order valence-corrected chi connectivity index (χ1v) is 9.01. The molecule has 0 aliphatic heterocycles. The molecule has 3 fully saturated rings. The number of hydrogen-bond acceptors (Lipinski definition) is 3. The monoisotopic (exact) mass is 318 g/mol. The van der Waals surface area contributed by atoms with E-state index in [0.29, 0.717) is 31.3 Å². The summed E-state index contributed by atoms with van der Waals surface area (Å²) < 4.78 is 0. The fourth-order valence-electron chi connectivity index (χ4n) is 5.11. The normalized spacial score (nSPS) is 44.8. The zero-order chi connectivity index (χ0) is 16.6. The Labute approximate surface area is 139 Å². The van der Waals surface area contributed by atoms with Gasteiger partial charge in [0.15, 0.2) is 0 Å². The van der Waals surface area contributed by atoms with Gasteiger partial charge in [-0.2, -0.15) is 0 Å². The summed E-state index contributed by atoms with van der Waals surface area (Å²) in [5.74, 6) is 0.995. The molecule has 0 unspecified atom stereocenters. The number of allylic oxidation sites excluding steroid dienone is 3. The second-order valence-corrected chi connectivity index (χ2v) is 7.94. The summed E-state index contributed by atoms with van der Waals surface area (Å²) in [6.07, 6.45) is 9.98. The van der Waals surface area contributed by atoms with Gasteiger partial charge in [0.05, 0.1) is 12.2 Å². The molecule has 0 saturated heterocycles. The van der Waals surface area contributed by atoms with E-state index in [4.69, 9.17) is 0 Å². The minimum absolute atomic E-state index is 0.236. The third-order valence-electron chi connectivity index (χ3n) is 6.65. The molecule has 3 heteroatoms. The fraction of sp³-hybridized carbons (Fsp3) is 0.700. The van der Waals surface area contributed by atoms with Crippen LogP contribution in [0.3, 0.4) is 0 Å². The quantitative estimate of drug-likeness (QED) is 0.733. The highest BCUT2D eigenvalue weighted by atomic mass is 16.3. The summed E-state index contributed by atoms with van der Waals surface area (Å²) in [6, 6.07) is 0. The Morgan fingerprint density at radius 3 is 2.78 bits per heavy atom. The maximum absolute atomic E-state index is 9.96. The van der Waals surface area contributed by atoms with Crippen molar-refractivity contribution in [2.24, 2.45) is 17.3 Å². The second kappa shape index (κ2) is 6.54. The van der Waals surface area contributed by atoms with Crippen LogP contribution in [0.2, 0.25) is 0 Å². The van der Waals surface area contributed by atoms with E-state index in [0.717, 1.165) is 24.0 Å². The Kier molecular flexibility index (Phi) is 4.82. The Bertz CT molecular complexity index is 533. The Hall–Kier alpha value is -0.900. The number of aliphatic hydroxyl groups is 3. The lowest BCUT2D eigenvalue weighted by atomic mass is 9.63. The van der Waals surface area contributed by atoms with Crippen LogP contribution in [0.25, 0.3) is 0 Å². The minimum Gasteiger partial charge on any atom is -0.396 e. The fourth-order valence-corrected chi connectivity index (χ4v) is 5.11. The number of hydrogen-bond donors (Lipinski definition) is 3. The zero-order valence-electron chi connectivity index (χ0n) is 14.2. The van der Waals surface area contributed by atoms with Crippen LogP contribution in [0.5, 0.6) is 0 Å². The van der Waals surface area contributed by atoms with E-state index in [1.54, 1.807) is 0 Å². The molecule has 0 aromatic rings. The van der Waals surface area contributed by atoms with Gasteiger partial charge in [0.25, 0.3) is 0 Å². The van der Waals surface area contributed by atoms with Crippen LogP contribution < -0.4 is 0 Å². The molecule has 3 N–H and O–H groups in total. The largest absolute Gasteiger partial charge is 0.396 e. The predicted molar refractivity (Wildman–Crippen MR) is 91.8 cm³/mol. The van der Waals surface area contributed by atoms with Gasteiger partial charge in [-0.1, -0.05) is 31.2 Å². The molecule has 23 heavy (non-hydrogen) atoms. The van der Waals surface area contributed by atoms with E-state index < -0.39 is 12.2 Å². The van der Waals surface area contributed by atoms with E-state index in [2.05, 4.69) is 25.7 Å². The highest BCUT2D eigenvalue weighted by Gasteiger charge is 2.48. The van der Waals surface area contributed by atoms with Crippen LogP contribution in [-0.2, 0) is 0 Å². The summed E-state index contributed by atoms with van der Waals surface area (Å²) in [7, 11) is 0. The Morgan fingerprint density at radius 1 is 1.26 bits per heavy atom. The van der Waals surface area contributed by atoms with Crippen molar-refractivity contribution >= 4 is 0 Å². The number of rotatable bonds is 2. The summed E-state index contributed by atoms with van der Waals surface area (Å²) in [4.78, 5) is 0. The van der Waals surface area contributed by atoms with Gasteiger partial charge in [-0.05, 0) is 66.9 Å². The van der Waals surface area contributed by atoms with Crippen LogP contribution in [0, 0.1) is 17.3 Å². The first-order chi connectivity index (χ1) is 11.0. The highest BCUT2D eigenvalue weighted by molar-refractivity contribution is 5.38. The maximum atomic E-state index is 9.96. The molecular formula is C20H30O3. The molecule has 128 valence electrons. The molecule has 0 amide bonds. The van der Waals surface area contributed by atoms with Crippen molar-refractivity contribution in [3.05, 3.63) is 35.5 Å². The van der Waals surface area contributed by atoms with Gasteiger partial charge in [0.2, 0.25) is 0 Å². The summed E-state index contributed by atoms with van der Waals surface area (Å²) in [6.45, 7) is 6.64. The molecule has 3 rings (SSSR count). The van der Waals surface area contributed by atoms with Crippen LogP contribution in [0.1, 0.15) is 51.9 Å². The van der Waals surface area contributed by atoms with Crippen molar-refractivity contribution in [1.29, 1.82) is 0 Å². The third kappa shape index (κ3) is 3.07. The van der Waals surface area contributed by atoms with Gasteiger partial charge in [-0.15, -0.1) is 0 Å². The molecule has 0 heterocycles. The lowest BCUT2D eigenvalue weighted by Gasteiger charge is -2.41.